The molecule has 1 heterocycles. The quantitative estimate of drug-likeness (QED) is 0.632. The van der Waals surface area contributed by atoms with E-state index in [1.165, 1.54) is 0 Å². The number of ether oxygens (including phenoxy) is 1. The molecule has 0 aliphatic rings. The van der Waals surface area contributed by atoms with E-state index in [0.717, 1.165) is 22.6 Å². The van der Waals surface area contributed by atoms with Gasteiger partial charge in [0.2, 0.25) is 0 Å². The molecule has 2 rings (SSSR count). The summed E-state index contributed by atoms with van der Waals surface area (Å²) >= 11 is 0. The molecule has 1 aromatic carbocycles. The fraction of sp³-hybridized carbons (Fsp3) is 0.294. The lowest BCUT2D eigenvalue weighted by Gasteiger charge is -2.12. The lowest BCUT2D eigenvalue weighted by molar-refractivity contribution is 0.185. The number of pyridine rings is 1. The number of nitrogens with two attached hydrogens (primary N) is 1. The molecule has 23 heavy (non-hydrogen) atoms. The molecule has 0 saturated carbocycles. The van der Waals surface area contributed by atoms with E-state index in [-0.39, 0.29) is 0 Å². The fourth-order valence-corrected chi connectivity index (χ4v) is 2.08. The molecule has 6 nitrogen and oxygen atoms in total. The van der Waals surface area contributed by atoms with Gasteiger partial charge >= 0.3 is 0 Å². The maximum Gasteiger partial charge on any atom is 0.193 e. The Kier molecular flexibility index (Phi) is 5.94. The zero-order valence-electron chi connectivity index (χ0n) is 13.8. The number of rotatable bonds is 6. The van der Waals surface area contributed by atoms with Crippen molar-refractivity contribution in [3.8, 4) is 0 Å². The van der Waals surface area contributed by atoms with Gasteiger partial charge in [-0.2, -0.15) is 0 Å². The summed E-state index contributed by atoms with van der Waals surface area (Å²) in [5.41, 5.74) is 8.98. The van der Waals surface area contributed by atoms with Crippen LogP contribution >= 0.6 is 0 Å². The smallest absolute Gasteiger partial charge is 0.193 e. The highest BCUT2D eigenvalue weighted by molar-refractivity contribution is 5.92. The van der Waals surface area contributed by atoms with Crippen molar-refractivity contribution in [2.45, 2.75) is 13.2 Å². The van der Waals surface area contributed by atoms with E-state index in [2.05, 4.69) is 15.3 Å². The van der Waals surface area contributed by atoms with Crippen LogP contribution in [0.5, 0.6) is 0 Å². The van der Waals surface area contributed by atoms with Gasteiger partial charge in [-0.1, -0.05) is 18.2 Å². The van der Waals surface area contributed by atoms with E-state index >= 15 is 0 Å². The van der Waals surface area contributed by atoms with Gasteiger partial charge in [0.05, 0.1) is 13.2 Å². The first-order valence-corrected chi connectivity index (χ1v) is 7.36. The summed E-state index contributed by atoms with van der Waals surface area (Å²) in [5.74, 6) is 1.27. The first-order chi connectivity index (χ1) is 11.1. The van der Waals surface area contributed by atoms with Crippen LogP contribution in [0, 0.1) is 0 Å². The van der Waals surface area contributed by atoms with E-state index in [4.69, 9.17) is 10.5 Å². The molecule has 0 aliphatic heterocycles. The maximum absolute atomic E-state index is 5.99. The number of guanidine groups is 1. The first kappa shape index (κ1) is 16.8. The van der Waals surface area contributed by atoms with E-state index in [1.54, 1.807) is 13.3 Å². The number of methoxy groups -OCH3 is 1. The van der Waals surface area contributed by atoms with Crippen LogP contribution in [-0.4, -0.2) is 32.1 Å². The van der Waals surface area contributed by atoms with Crippen molar-refractivity contribution in [1.82, 2.24) is 4.98 Å². The second-order valence-electron chi connectivity index (χ2n) is 5.33. The van der Waals surface area contributed by atoms with Gasteiger partial charge in [0.1, 0.15) is 5.82 Å². The van der Waals surface area contributed by atoms with Crippen molar-refractivity contribution in [3.63, 3.8) is 0 Å². The number of hydrogen-bond donors (Lipinski definition) is 2. The van der Waals surface area contributed by atoms with Gasteiger partial charge in [0.25, 0.3) is 0 Å². The molecule has 3 N–H and O–H groups in total. The van der Waals surface area contributed by atoms with Gasteiger partial charge in [-0.3, -0.25) is 0 Å². The van der Waals surface area contributed by atoms with Crippen molar-refractivity contribution < 1.29 is 4.74 Å². The van der Waals surface area contributed by atoms with Crippen LogP contribution in [0.15, 0.2) is 47.6 Å². The Balaban J connectivity index is 2.05. The summed E-state index contributed by atoms with van der Waals surface area (Å²) in [6.07, 6.45) is 1.78. The zero-order chi connectivity index (χ0) is 16.7. The number of para-hydroxylation sites is 1. The highest BCUT2D eigenvalue weighted by Crippen LogP contribution is 2.15. The SMILES string of the molecule is COCc1ccccc1NC(N)=NCc1ccnc(N(C)C)c1. The summed E-state index contributed by atoms with van der Waals surface area (Å²) in [6.45, 7) is 1.02. The molecule has 2 aromatic rings. The molecule has 0 spiro atoms. The van der Waals surface area contributed by atoms with Gasteiger partial charge in [0, 0.05) is 38.7 Å². The van der Waals surface area contributed by atoms with Gasteiger partial charge in [-0.05, 0) is 23.8 Å². The first-order valence-electron chi connectivity index (χ1n) is 7.36. The molecular formula is C17H23N5O. The molecule has 6 heteroatoms. The monoisotopic (exact) mass is 313 g/mol. The van der Waals surface area contributed by atoms with Crippen LogP contribution in [-0.2, 0) is 17.9 Å². The average molecular weight is 313 g/mol. The minimum atomic E-state index is 0.372. The number of anilines is 2. The molecule has 0 unspecified atom stereocenters. The fourth-order valence-electron chi connectivity index (χ4n) is 2.08. The van der Waals surface area contributed by atoms with E-state index in [1.807, 2.05) is 55.4 Å². The third kappa shape index (κ3) is 4.96. The molecule has 1 aromatic heterocycles. The third-order valence-electron chi connectivity index (χ3n) is 3.28. The summed E-state index contributed by atoms with van der Waals surface area (Å²) in [5, 5.41) is 3.12. The predicted octanol–water partition coefficient (Wildman–Crippen LogP) is 2.22. The largest absolute Gasteiger partial charge is 0.380 e. The van der Waals surface area contributed by atoms with E-state index in [9.17, 15) is 0 Å². The second-order valence-corrected chi connectivity index (χ2v) is 5.33. The van der Waals surface area contributed by atoms with E-state index < -0.39 is 0 Å². The Morgan fingerprint density at radius 1 is 1.30 bits per heavy atom. The van der Waals surface area contributed by atoms with Gasteiger partial charge in [0.15, 0.2) is 5.96 Å². The van der Waals surface area contributed by atoms with Crippen molar-refractivity contribution in [3.05, 3.63) is 53.7 Å². The molecule has 0 atom stereocenters. The van der Waals surface area contributed by atoms with Crippen LogP contribution in [0.2, 0.25) is 0 Å². The molecule has 0 aliphatic carbocycles. The van der Waals surface area contributed by atoms with Crippen LogP contribution in [0.1, 0.15) is 11.1 Å². The lowest BCUT2D eigenvalue weighted by atomic mass is 10.2. The Labute approximate surface area is 137 Å². The highest BCUT2D eigenvalue weighted by Gasteiger charge is 2.03. The summed E-state index contributed by atoms with van der Waals surface area (Å²) in [6, 6.07) is 11.8. The molecule has 0 fully saturated rings. The van der Waals surface area contributed by atoms with Crippen LogP contribution in [0.3, 0.4) is 0 Å². The molecule has 0 bridgehead atoms. The Hall–Kier alpha value is -2.60. The zero-order valence-corrected chi connectivity index (χ0v) is 13.8. The van der Waals surface area contributed by atoms with Gasteiger partial charge < -0.3 is 20.7 Å². The molecule has 0 saturated heterocycles. The second kappa shape index (κ2) is 8.14. The lowest BCUT2D eigenvalue weighted by Crippen LogP contribution is -2.23. The van der Waals surface area contributed by atoms with Gasteiger partial charge in [-0.15, -0.1) is 0 Å². The minimum absolute atomic E-state index is 0.372. The number of aromatic nitrogens is 1. The van der Waals surface area contributed by atoms with Gasteiger partial charge in [-0.25, -0.2) is 9.98 Å². The van der Waals surface area contributed by atoms with Crippen molar-refractivity contribution in [1.29, 1.82) is 0 Å². The van der Waals surface area contributed by atoms with Crippen LogP contribution in [0.4, 0.5) is 11.5 Å². The third-order valence-corrected chi connectivity index (χ3v) is 3.28. The predicted molar refractivity (Wildman–Crippen MR) is 94.7 cm³/mol. The number of nitrogens with zero attached hydrogens (tertiary/aromatic N) is 3. The van der Waals surface area contributed by atoms with Crippen molar-refractivity contribution >= 4 is 17.5 Å². The molecule has 0 amide bonds. The Morgan fingerprint density at radius 2 is 2.09 bits per heavy atom. The standard InChI is InChI=1S/C17H23N5O/c1-22(2)16-10-13(8-9-19-16)11-20-17(18)21-15-7-5-4-6-14(15)12-23-3/h4-10H,11-12H2,1-3H3,(H3,18,20,21). The van der Waals surface area contributed by atoms with Crippen LogP contribution in [0.25, 0.3) is 0 Å². The minimum Gasteiger partial charge on any atom is -0.380 e. The number of benzene rings is 1. The number of hydrogen-bond acceptors (Lipinski definition) is 4. The normalized spacial score (nSPS) is 11.3. The van der Waals surface area contributed by atoms with Crippen LogP contribution < -0.4 is 16.0 Å². The van der Waals surface area contributed by atoms with Crippen molar-refractivity contribution in [2.75, 3.05) is 31.4 Å². The molecular weight excluding hydrogens is 290 g/mol. The Morgan fingerprint density at radius 3 is 2.83 bits per heavy atom. The number of nitrogens with one attached hydrogen (secondary N) is 1. The Bertz CT molecular complexity index is 670. The summed E-state index contributed by atoms with van der Waals surface area (Å²) < 4.78 is 5.18. The average Bonchev–Trinajstić information content (AvgIpc) is 2.55. The molecule has 122 valence electrons. The topological polar surface area (TPSA) is 75.8 Å². The maximum atomic E-state index is 5.99. The molecule has 0 radical (unpaired) electrons. The summed E-state index contributed by atoms with van der Waals surface area (Å²) in [4.78, 5) is 10.6. The van der Waals surface area contributed by atoms with E-state index in [0.29, 0.717) is 19.1 Å². The van der Waals surface area contributed by atoms with Crippen molar-refractivity contribution in [2.24, 2.45) is 10.7 Å². The highest BCUT2D eigenvalue weighted by atomic mass is 16.5. The number of aliphatic imine (C=N–C) groups is 1. The summed E-state index contributed by atoms with van der Waals surface area (Å²) in [7, 11) is 5.58.